The molecule has 0 saturated carbocycles. The third kappa shape index (κ3) is 14.7. The number of halogens is 2. The summed E-state index contributed by atoms with van der Waals surface area (Å²) in [5.41, 5.74) is 3.34. The number of carbonyl (C=O) groups is 2. The van der Waals surface area contributed by atoms with Crippen LogP contribution in [0, 0.1) is 25.5 Å². The van der Waals surface area contributed by atoms with Crippen LogP contribution in [-0.2, 0) is 41.0 Å². The Kier molecular flexibility index (Phi) is 21.4. The van der Waals surface area contributed by atoms with Gasteiger partial charge in [-0.05, 0) is 95.7 Å². The second-order valence-electron chi connectivity index (χ2n) is 22.9. The van der Waals surface area contributed by atoms with Crippen molar-refractivity contribution in [3.63, 3.8) is 0 Å². The van der Waals surface area contributed by atoms with Gasteiger partial charge in [-0.15, -0.1) is 0 Å². The molecule has 8 nitrogen and oxygen atoms in total. The van der Waals surface area contributed by atoms with Crippen LogP contribution in [0.4, 0.5) is 8.78 Å². The van der Waals surface area contributed by atoms with Gasteiger partial charge in [-0.1, -0.05) is 243 Å². The van der Waals surface area contributed by atoms with Crippen molar-refractivity contribution in [1.82, 2.24) is 9.44 Å². The Balaban J connectivity index is 0.000000236. The van der Waals surface area contributed by atoms with E-state index in [0.717, 1.165) is 11.1 Å². The van der Waals surface area contributed by atoms with Crippen molar-refractivity contribution in [2.45, 2.75) is 111 Å². The van der Waals surface area contributed by atoms with Crippen LogP contribution < -0.4 is 30.2 Å². The van der Waals surface area contributed by atoms with E-state index in [1.54, 1.807) is 24.3 Å². The molecule has 0 aromatic heterocycles. The molecular formula is C68H76F2N2O6S2Si2. The first-order chi connectivity index (χ1) is 39.1. The van der Waals surface area contributed by atoms with E-state index in [4.69, 9.17) is 9.47 Å². The maximum atomic E-state index is 14.0. The van der Waals surface area contributed by atoms with E-state index in [2.05, 4.69) is 148 Å². The molecule has 0 aliphatic carbocycles. The molecule has 0 aliphatic heterocycles. The zero-order valence-corrected chi connectivity index (χ0v) is 52.2. The minimum absolute atomic E-state index is 0.204. The quantitative estimate of drug-likeness (QED) is 0.0581. The molecule has 0 radical (unpaired) electrons. The second kappa shape index (κ2) is 28.0. The van der Waals surface area contributed by atoms with Gasteiger partial charge in [0.1, 0.15) is 49.8 Å². The summed E-state index contributed by atoms with van der Waals surface area (Å²) in [6, 6.07) is 68.6. The Morgan fingerprint density at radius 1 is 0.427 bits per heavy atom. The van der Waals surface area contributed by atoms with Crippen molar-refractivity contribution in [2.75, 3.05) is 14.2 Å². The van der Waals surface area contributed by atoms with Crippen LogP contribution in [0.15, 0.2) is 228 Å². The van der Waals surface area contributed by atoms with E-state index in [9.17, 15) is 26.8 Å². The molecule has 0 heterocycles. The summed E-state index contributed by atoms with van der Waals surface area (Å²) in [5.74, 6) is -3.36. The molecular weight excluding hydrogens is 1100 g/mol. The number of hydrogen-bond donors (Lipinski definition) is 2. The Hall–Kier alpha value is -6.79. The molecule has 428 valence electrons. The maximum Gasteiger partial charge on any atom is 0.314 e. The standard InChI is InChI=1S/2C34H38FNO3SSi/c2*1-25-16-22-28(23-17-25)40(38)36-31(32(33(37)39-5)26-18-20-27(35)21-19-26)24-41(34(2,3)4,29-12-8-6-9-13-29)30-14-10-7-11-15-30/h2*6-23,31-32,36H,24H2,1-5H3/t2*31-,32-,40-/m00/s1. The van der Waals surface area contributed by atoms with Crippen molar-refractivity contribution in [3.05, 3.63) is 252 Å². The first-order valence-electron chi connectivity index (χ1n) is 27.5. The molecule has 0 spiro atoms. The van der Waals surface area contributed by atoms with Crippen LogP contribution in [0.2, 0.25) is 22.2 Å². The predicted octanol–water partition coefficient (Wildman–Crippen LogP) is 12.3. The summed E-state index contributed by atoms with van der Waals surface area (Å²) in [5, 5.41) is 4.46. The monoisotopic (exact) mass is 1170 g/mol. The molecule has 8 aromatic rings. The maximum absolute atomic E-state index is 14.0. The lowest BCUT2D eigenvalue weighted by Gasteiger charge is -2.47. The van der Waals surface area contributed by atoms with Crippen LogP contribution in [0.1, 0.15) is 75.6 Å². The van der Waals surface area contributed by atoms with Gasteiger partial charge in [0.25, 0.3) is 0 Å². The molecule has 6 atom stereocenters. The molecule has 8 aromatic carbocycles. The zero-order chi connectivity index (χ0) is 59.2. The van der Waals surface area contributed by atoms with E-state index in [0.29, 0.717) is 33.0 Å². The summed E-state index contributed by atoms with van der Waals surface area (Å²) >= 11 is 0. The number of hydrogen-bond acceptors (Lipinski definition) is 6. The largest absolute Gasteiger partial charge is 0.469 e. The number of ether oxygens (including phenoxy) is 2. The number of nitrogens with one attached hydrogen (secondary N) is 2. The molecule has 82 heavy (non-hydrogen) atoms. The first-order valence-corrected chi connectivity index (χ1v) is 34.2. The van der Waals surface area contributed by atoms with E-state index in [-0.39, 0.29) is 10.1 Å². The van der Waals surface area contributed by atoms with E-state index >= 15 is 0 Å². The highest BCUT2D eigenvalue weighted by molar-refractivity contribution is 7.83. The topological polar surface area (TPSA) is 111 Å². The summed E-state index contributed by atoms with van der Waals surface area (Å²) in [6.45, 7) is 17.4. The van der Waals surface area contributed by atoms with Crippen molar-refractivity contribution in [3.8, 4) is 0 Å². The van der Waals surface area contributed by atoms with Gasteiger partial charge in [0.05, 0.1) is 35.8 Å². The second-order valence-corrected chi connectivity index (χ2v) is 35.1. The van der Waals surface area contributed by atoms with Crippen LogP contribution >= 0.6 is 0 Å². The third-order valence-corrected chi connectivity index (χ3v) is 30.8. The summed E-state index contributed by atoms with van der Waals surface area (Å²) in [7, 11) is -6.00. The van der Waals surface area contributed by atoms with E-state index in [1.165, 1.54) is 59.2 Å². The number of aryl methyl sites for hydroxylation is 2. The fourth-order valence-corrected chi connectivity index (χ4v) is 25.2. The lowest BCUT2D eigenvalue weighted by molar-refractivity contribution is -0.143. The number of rotatable bonds is 20. The van der Waals surface area contributed by atoms with Gasteiger partial charge in [-0.3, -0.25) is 9.59 Å². The van der Waals surface area contributed by atoms with Gasteiger partial charge >= 0.3 is 11.9 Å². The number of methoxy groups -OCH3 is 2. The van der Waals surface area contributed by atoms with Crippen LogP contribution in [0.3, 0.4) is 0 Å². The fourth-order valence-electron chi connectivity index (χ4n) is 11.5. The highest BCUT2D eigenvalue weighted by Crippen LogP contribution is 2.44. The van der Waals surface area contributed by atoms with Gasteiger partial charge in [-0.25, -0.2) is 26.6 Å². The van der Waals surface area contributed by atoms with Gasteiger partial charge in [-0.2, -0.15) is 0 Å². The van der Waals surface area contributed by atoms with Crippen molar-refractivity contribution in [1.29, 1.82) is 0 Å². The van der Waals surface area contributed by atoms with E-state index in [1.807, 2.05) is 86.6 Å². The zero-order valence-electron chi connectivity index (χ0n) is 48.5. The highest BCUT2D eigenvalue weighted by atomic mass is 32.2. The van der Waals surface area contributed by atoms with Crippen LogP contribution in [-0.4, -0.2) is 62.8 Å². The molecule has 0 unspecified atom stereocenters. The molecule has 2 N–H and O–H groups in total. The lowest BCUT2D eigenvalue weighted by atomic mass is 9.93. The molecule has 14 heteroatoms. The number of benzene rings is 8. The molecule has 0 amide bonds. The molecule has 0 fully saturated rings. The normalized spacial score (nSPS) is 14.2. The summed E-state index contributed by atoms with van der Waals surface area (Å²) < 4.78 is 73.1. The fraction of sp³-hybridized carbons (Fsp3) is 0.265. The minimum atomic E-state index is -2.73. The number of esters is 2. The van der Waals surface area contributed by atoms with Crippen molar-refractivity contribution in [2.24, 2.45) is 0 Å². The molecule has 0 aliphatic rings. The van der Waals surface area contributed by atoms with Gasteiger partial charge < -0.3 is 9.47 Å². The Bertz CT molecular complexity index is 3060. The van der Waals surface area contributed by atoms with Crippen LogP contribution in [0.25, 0.3) is 0 Å². The SMILES string of the molecule is COC(=O)[C@@H](c1ccc(F)cc1)[C@H](C[Si](c1ccccc1)(c1ccccc1)C(C)(C)C)N[S@@](=O)c1ccc(C)cc1.COC(=O)[C@@H](c1ccc(F)cc1)[C@H](C[Si](c1ccccc1)(c1ccccc1)C(C)(C)C)N[S@@](=O)c1ccc(C)cc1. The van der Waals surface area contributed by atoms with Crippen LogP contribution in [0.5, 0.6) is 0 Å². The average molecular weight is 1180 g/mol. The Morgan fingerprint density at radius 3 is 0.915 bits per heavy atom. The first kappa shape index (κ1) is 62.8. The molecule has 0 bridgehead atoms. The van der Waals surface area contributed by atoms with Gasteiger partial charge in [0.15, 0.2) is 0 Å². The summed E-state index contributed by atoms with van der Waals surface area (Å²) in [6.07, 6.45) is 0. The Morgan fingerprint density at radius 2 is 0.683 bits per heavy atom. The lowest BCUT2D eigenvalue weighted by Crippen LogP contribution is -2.67. The third-order valence-electron chi connectivity index (χ3n) is 15.8. The molecule has 8 rings (SSSR count). The van der Waals surface area contributed by atoms with Crippen molar-refractivity contribution >= 4 is 70.8 Å². The predicted molar refractivity (Wildman–Crippen MR) is 336 cm³/mol. The van der Waals surface area contributed by atoms with Crippen molar-refractivity contribution < 1.29 is 36.3 Å². The minimum Gasteiger partial charge on any atom is -0.469 e. The van der Waals surface area contributed by atoms with Gasteiger partial charge in [0, 0.05) is 12.1 Å². The smallest absolute Gasteiger partial charge is 0.314 e. The Labute approximate surface area is 491 Å². The summed E-state index contributed by atoms with van der Waals surface area (Å²) in [4.78, 5) is 28.4. The molecule has 0 saturated heterocycles. The number of carbonyl (C=O) groups excluding carboxylic acids is 2. The highest BCUT2D eigenvalue weighted by Gasteiger charge is 2.52. The van der Waals surface area contributed by atoms with E-state index < -0.39 is 85.6 Å². The average Bonchev–Trinajstić information content (AvgIpc) is 1.89. The van der Waals surface area contributed by atoms with Gasteiger partial charge in [0.2, 0.25) is 0 Å².